The van der Waals surface area contributed by atoms with Crippen molar-refractivity contribution in [1.82, 2.24) is 0 Å². The van der Waals surface area contributed by atoms with Gasteiger partial charge in [-0.3, -0.25) is 4.79 Å². The normalized spacial score (nSPS) is 10.3. The van der Waals surface area contributed by atoms with Crippen LogP contribution in [0.5, 0.6) is 0 Å². The van der Waals surface area contributed by atoms with E-state index in [1.807, 2.05) is 36.4 Å². The highest BCUT2D eigenvalue weighted by molar-refractivity contribution is 7.80. The van der Waals surface area contributed by atoms with Crippen LogP contribution >= 0.6 is 23.6 Å². The Balaban J connectivity index is 1.71. The van der Waals surface area contributed by atoms with Gasteiger partial charge in [0, 0.05) is 17.0 Å². The number of carbonyl (C=O) groups excluding carboxylic acids is 1. The van der Waals surface area contributed by atoms with E-state index in [1.165, 1.54) is 18.4 Å². The molecule has 0 atom stereocenters. The second-order valence-corrected chi connectivity index (χ2v) is 8.00. The summed E-state index contributed by atoms with van der Waals surface area (Å²) in [6.45, 7) is 0. The van der Waals surface area contributed by atoms with Gasteiger partial charge >= 0.3 is 11.9 Å². The Morgan fingerprint density at radius 1 is 1.03 bits per heavy atom. The number of carbonyl (C=O) groups is 2. The summed E-state index contributed by atoms with van der Waals surface area (Å²) < 4.78 is 4.90. The van der Waals surface area contributed by atoms with E-state index in [1.54, 1.807) is 24.3 Å². The smallest absolute Gasteiger partial charge is 0.340 e. The molecule has 1 aromatic heterocycles. The summed E-state index contributed by atoms with van der Waals surface area (Å²) in [7, 11) is 1.34. The monoisotopic (exact) mass is 440 g/mol. The standard InChI is InChI=1S/C22H20N2O4S2/c1-28-21(27)18-13-17(11-14-5-3-2-4-6-14)30-20(18)24-22(29)23-16-9-7-15(8-10-16)12-19(25)26/h2-10,13H,11-12H2,1H3,(H,25,26)(H2,23,24,29). The Labute approximate surface area is 183 Å². The molecular formula is C22H20N2O4S2. The van der Waals surface area contributed by atoms with Crippen molar-refractivity contribution < 1.29 is 19.4 Å². The highest BCUT2D eigenvalue weighted by atomic mass is 32.1. The molecule has 3 rings (SSSR count). The number of anilines is 2. The Morgan fingerprint density at radius 2 is 1.73 bits per heavy atom. The van der Waals surface area contributed by atoms with E-state index in [-0.39, 0.29) is 6.42 Å². The molecule has 8 heteroatoms. The van der Waals surface area contributed by atoms with Crippen molar-refractivity contribution in [2.45, 2.75) is 12.8 Å². The number of thiocarbonyl (C=S) groups is 1. The zero-order valence-electron chi connectivity index (χ0n) is 16.2. The fraction of sp³-hybridized carbons (Fsp3) is 0.136. The molecule has 0 spiro atoms. The van der Waals surface area contributed by atoms with Crippen LogP contribution in [0, 0.1) is 0 Å². The predicted molar refractivity (Wildman–Crippen MR) is 123 cm³/mol. The molecule has 3 N–H and O–H groups in total. The molecule has 1 heterocycles. The third kappa shape index (κ3) is 5.88. The number of carboxylic acid groups (broad SMARTS) is 1. The number of esters is 1. The average Bonchev–Trinajstić information content (AvgIpc) is 3.11. The quantitative estimate of drug-likeness (QED) is 0.367. The summed E-state index contributed by atoms with van der Waals surface area (Å²) >= 11 is 6.82. The SMILES string of the molecule is COC(=O)c1cc(Cc2ccccc2)sc1NC(=S)Nc1ccc(CC(=O)O)cc1. The first-order valence-electron chi connectivity index (χ1n) is 9.08. The van der Waals surface area contributed by atoms with Gasteiger partial charge in [0.2, 0.25) is 0 Å². The molecule has 154 valence electrons. The van der Waals surface area contributed by atoms with Gasteiger partial charge in [0.05, 0.1) is 19.1 Å². The first kappa shape index (κ1) is 21.5. The first-order valence-corrected chi connectivity index (χ1v) is 10.3. The number of ether oxygens (including phenoxy) is 1. The van der Waals surface area contributed by atoms with Crippen molar-refractivity contribution in [3.63, 3.8) is 0 Å². The van der Waals surface area contributed by atoms with Crippen molar-refractivity contribution in [3.8, 4) is 0 Å². The number of methoxy groups -OCH3 is 1. The molecule has 0 amide bonds. The van der Waals surface area contributed by atoms with Crippen LogP contribution in [0.15, 0.2) is 60.7 Å². The Hall–Kier alpha value is -3.23. The number of nitrogens with one attached hydrogen (secondary N) is 2. The van der Waals surface area contributed by atoms with Crippen LogP contribution in [-0.2, 0) is 22.4 Å². The lowest BCUT2D eigenvalue weighted by Gasteiger charge is -2.11. The molecule has 0 saturated carbocycles. The van der Waals surface area contributed by atoms with Gasteiger partial charge in [-0.25, -0.2) is 4.79 Å². The van der Waals surface area contributed by atoms with Crippen molar-refractivity contribution in [3.05, 3.63) is 82.2 Å². The maximum atomic E-state index is 12.2. The minimum absolute atomic E-state index is 0.0369. The maximum absolute atomic E-state index is 12.2. The van der Waals surface area contributed by atoms with Crippen molar-refractivity contribution in [2.75, 3.05) is 17.7 Å². The topological polar surface area (TPSA) is 87.7 Å². The molecule has 2 aromatic carbocycles. The zero-order valence-corrected chi connectivity index (χ0v) is 17.8. The number of thiophene rings is 1. The van der Waals surface area contributed by atoms with Gasteiger partial charge in [0.15, 0.2) is 5.11 Å². The highest BCUT2D eigenvalue weighted by Gasteiger charge is 2.18. The van der Waals surface area contributed by atoms with E-state index in [9.17, 15) is 9.59 Å². The first-order chi connectivity index (χ1) is 14.4. The second kappa shape index (κ2) is 10.00. The van der Waals surface area contributed by atoms with Crippen molar-refractivity contribution in [2.24, 2.45) is 0 Å². The molecule has 0 unspecified atom stereocenters. The summed E-state index contributed by atoms with van der Waals surface area (Å²) in [6.07, 6.45) is 0.660. The summed E-state index contributed by atoms with van der Waals surface area (Å²) in [4.78, 5) is 24.0. The van der Waals surface area contributed by atoms with Gasteiger partial charge in [-0.1, -0.05) is 42.5 Å². The van der Waals surface area contributed by atoms with E-state index in [4.69, 9.17) is 22.1 Å². The Morgan fingerprint density at radius 3 is 2.37 bits per heavy atom. The third-order valence-corrected chi connectivity index (χ3v) is 5.46. The van der Waals surface area contributed by atoms with E-state index in [2.05, 4.69) is 10.6 Å². The van der Waals surface area contributed by atoms with Crippen LogP contribution in [-0.4, -0.2) is 29.3 Å². The number of carboxylic acids is 1. The van der Waals surface area contributed by atoms with Gasteiger partial charge in [-0.05, 0) is 41.5 Å². The van der Waals surface area contributed by atoms with E-state index < -0.39 is 11.9 Å². The highest BCUT2D eigenvalue weighted by Crippen LogP contribution is 2.30. The van der Waals surface area contributed by atoms with Crippen LogP contribution < -0.4 is 10.6 Å². The van der Waals surface area contributed by atoms with Gasteiger partial charge in [0.25, 0.3) is 0 Å². The molecule has 6 nitrogen and oxygen atoms in total. The van der Waals surface area contributed by atoms with Crippen LogP contribution in [0.3, 0.4) is 0 Å². The lowest BCUT2D eigenvalue weighted by molar-refractivity contribution is -0.136. The van der Waals surface area contributed by atoms with Gasteiger partial charge in [-0.2, -0.15) is 0 Å². The predicted octanol–water partition coefficient (Wildman–Crippen LogP) is 4.56. The van der Waals surface area contributed by atoms with Crippen molar-refractivity contribution in [1.29, 1.82) is 0 Å². The van der Waals surface area contributed by atoms with Gasteiger partial charge in [-0.15, -0.1) is 11.3 Å². The molecular weight excluding hydrogens is 420 g/mol. The summed E-state index contributed by atoms with van der Waals surface area (Å²) in [5.41, 5.74) is 2.98. The van der Waals surface area contributed by atoms with Gasteiger partial charge in [0.1, 0.15) is 5.00 Å². The van der Waals surface area contributed by atoms with Gasteiger partial charge < -0.3 is 20.5 Å². The van der Waals surface area contributed by atoms with E-state index >= 15 is 0 Å². The van der Waals surface area contributed by atoms with Crippen LogP contribution in [0.2, 0.25) is 0 Å². The number of rotatable bonds is 7. The van der Waals surface area contributed by atoms with Crippen LogP contribution in [0.25, 0.3) is 0 Å². The number of hydrogen-bond acceptors (Lipinski definition) is 5. The molecule has 0 radical (unpaired) electrons. The van der Waals surface area contributed by atoms with E-state index in [0.717, 1.165) is 10.4 Å². The fourth-order valence-electron chi connectivity index (χ4n) is 2.83. The minimum Gasteiger partial charge on any atom is -0.481 e. The number of aliphatic carboxylic acids is 1. The number of hydrogen-bond donors (Lipinski definition) is 3. The average molecular weight is 441 g/mol. The van der Waals surface area contributed by atoms with Crippen molar-refractivity contribution >= 4 is 51.3 Å². The second-order valence-electron chi connectivity index (χ2n) is 6.46. The Kier molecular flexibility index (Phi) is 7.16. The van der Waals surface area contributed by atoms with E-state index in [0.29, 0.717) is 33.3 Å². The minimum atomic E-state index is -0.882. The number of benzene rings is 2. The van der Waals surface area contributed by atoms with Crippen LogP contribution in [0.4, 0.5) is 10.7 Å². The summed E-state index contributed by atoms with van der Waals surface area (Å²) in [5.74, 6) is -1.32. The molecule has 0 saturated heterocycles. The molecule has 30 heavy (non-hydrogen) atoms. The lowest BCUT2D eigenvalue weighted by atomic mass is 10.1. The summed E-state index contributed by atoms with van der Waals surface area (Å²) in [6, 6.07) is 18.7. The molecule has 0 fully saturated rings. The molecule has 3 aromatic rings. The zero-order chi connectivity index (χ0) is 21.5. The summed E-state index contributed by atoms with van der Waals surface area (Å²) in [5, 5.41) is 15.9. The largest absolute Gasteiger partial charge is 0.481 e. The third-order valence-electron chi connectivity index (χ3n) is 4.20. The fourth-order valence-corrected chi connectivity index (χ4v) is 4.19. The molecule has 0 aliphatic heterocycles. The Bertz CT molecular complexity index is 1050. The lowest BCUT2D eigenvalue weighted by Crippen LogP contribution is -2.19. The van der Waals surface area contributed by atoms with Crippen LogP contribution in [0.1, 0.15) is 26.4 Å². The molecule has 0 aliphatic carbocycles. The molecule has 0 aliphatic rings. The maximum Gasteiger partial charge on any atom is 0.340 e. The molecule has 0 bridgehead atoms.